The standard InChI is InChI=1S/C13H12ClNO2/c1-2-8-6-7-11(17-8)13(16)9-4-3-5-10(14)12(9)15/h3-7H,2,15H2,1H3. The Balaban J connectivity index is 2.40. The highest BCUT2D eigenvalue weighted by Crippen LogP contribution is 2.25. The predicted octanol–water partition coefficient (Wildman–Crippen LogP) is 3.31. The molecule has 1 aromatic carbocycles. The van der Waals surface area contributed by atoms with E-state index in [1.54, 1.807) is 30.3 Å². The molecule has 0 saturated carbocycles. The third-order valence-corrected chi connectivity index (χ3v) is 2.86. The van der Waals surface area contributed by atoms with Crippen LogP contribution in [0.4, 0.5) is 5.69 Å². The van der Waals surface area contributed by atoms with Crippen molar-refractivity contribution in [2.45, 2.75) is 13.3 Å². The highest BCUT2D eigenvalue weighted by Gasteiger charge is 2.17. The van der Waals surface area contributed by atoms with Gasteiger partial charge >= 0.3 is 0 Å². The Bertz CT molecular complexity index is 560. The summed E-state index contributed by atoms with van der Waals surface area (Å²) in [6.45, 7) is 1.96. The SMILES string of the molecule is CCc1ccc(C(=O)c2cccc(Cl)c2N)o1. The van der Waals surface area contributed by atoms with Crippen LogP contribution in [0.1, 0.15) is 28.8 Å². The van der Waals surface area contributed by atoms with Gasteiger partial charge in [0.15, 0.2) is 5.76 Å². The molecule has 0 fully saturated rings. The van der Waals surface area contributed by atoms with Crippen LogP contribution in [0, 0.1) is 0 Å². The van der Waals surface area contributed by atoms with Crippen molar-refractivity contribution in [3.63, 3.8) is 0 Å². The number of furan rings is 1. The highest BCUT2D eigenvalue weighted by molar-refractivity contribution is 6.34. The van der Waals surface area contributed by atoms with Crippen LogP contribution in [0.2, 0.25) is 5.02 Å². The summed E-state index contributed by atoms with van der Waals surface area (Å²) >= 11 is 5.87. The van der Waals surface area contributed by atoms with Crippen molar-refractivity contribution in [3.05, 3.63) is 52.4 Å². The first-order valence-electron chi connectivity index (χ1n) is 5.31. The fourth-order valence-corrected chi connectivity index (χ4v) is 1.73. The number of ketones is 1. The average Bonchev–Trinajstić information content (AvgIpc) is 2.80. The van der Waals surface area contributed by atoms with Crippen molar-refractivity contribution in [1.29, 1.82) is 0 Å². The van der Waals surface area contributed by atoms with Gasteiger partial charge in [0.2, 0.25) is 5.78 Å². The quantitative estimate of drug-likeness (QED) is 0.671. The molecule has 88 valence electrons. The molecule has 0 radical (unpaired) electrons. The van der Waals surface area contributed by atoms with Crippen molar-refractivity contribution in [2.75, 3.05) is 5.73 Å². The van der Waals surface area contributed by atoms with E-state index in [9.17, 15) is 4.79 Å². The van der Waals surface area contributed by atoms with Crippen molar-refractivity contribution in [2.24, 2.45) is 0 Å². The Morgan fingerprint density at radius 1 is 1.35 bits per heavy atom. The van der Waals surface area contributed by atoms with Crippen molar-refractivity contribution >= 4 is 23.1 Å². The predicted molar refractivity (Wildman–Crippen MR) is 67.4 cm³/mol. The lowest BCUT2D eigenvalue weighted by Crippen LogP contribution is -2.04. The van der Waals surface area contributed by atoms with Gasteiger partial charge in [0, 0.05) is 6.42 Å². The lowest BCUT2D eigenvalue weighted by molar-refractivity contribution is 0.101. The van der Waals surface area contributed by atoms with Gasteiger partial charge in [-0.3, -0.25) is 4.79 Å². The zero-order chi connectivity index (χ0) is 12.4. The molecule has 1 aromatic heterocycles. The first-order chi connectivity index (χ1) is 8.13. The summed E-state index contributed by atoms with van der Waals surface area (Å²) in [4.78, 5) is 12.1. The Morgan fingerprint density at radius 2 is 2.12 bits per heavy atom. The lowest BCUT2D eigenvalue weighted by Gasteiger charge is -2.04. The molecule has 4 heteroatoms. The summed E-state index contributed by atoms with van der Waals surface area (Å²) in [5.74, 6) is 0.814. The molecule has 2 rings (SSSR count). The molecule has 0 aliphatic rings. The van der Waals surface area contributed by atoms with Crippen molar-refractivity contribution in [1.82, 2.24) is 0 Å². The number of para-hydroxylation sites is 1. The summed E-state index contributed by atoms with van der Waals surface area (Å²) < 4.78 is 5.40. The third-order valence-electron chi connectivity index (χ3n) is 2.53. The molecule has 0 saturated heterocycles. The Morgan fingerprint density at radius 3 is 2.76 bits per heavy atom. The molecule has 0 unspecified atom stereocenters. The minimum atomic E-state index is -0.246. The topological polar surface area (TPSA) is 56.2 Å². The van der Waals surface area contributed by atoms with Crippen LogP contribution in [0.25, 0.3) is 0 Å². The van der Waals surface area contributed by atoms with E-state index in [1.165, 1.54) is 0 Å². The molecule has 3 nitrogen and oxygen atoms in total. The third kappa shape index (κ3) is 2.19. The molecular weight excluding hydrogens is 238 g/mol. The zero-order valence-electron chi connectivity index (χ0n) is 9.37. The smallest absolute Gasteiger partial charge is 0.230 e. The van der Waals surface area contributed by atoms with Crippen LogP contribution in [-0.2, 0) is 6.42 Å². The molecule has 0 atom stereocenters. The number of carbonyl (C=O) groups excluding carboxylic acids is 1. The van der Waals surface area contributed by atoms with E-state index in [0.29, 0.717) is 10.6 Å². The monoisotopic (exact) mass is 249 g/mol. The number of nitrogen functional groups attached to an aromatic ring is 1. The maximum atomic E-state index is 12.1. The molecule has 2 N–H and O–H groups in total. The Hall–Kier alpha value is -1.74. The number of hydrogen-bond acceptors (Lipinski definition) is 3. The molecule has 1 heterocycles. The van der Waals surface area contributed by atoms with E-state index in [1.807, 2.05) is 6.92 Å². The minimum Gasteiger partial charge on any atom is -0.458 e. The molecule has 0 aliphatic carbocycles. The van der Waals surface area contributed by atoms with E-state index in [4.69, 9.17) is 21.8 Å². The normalized spacial score (nSPS) is 10.5. The van der Waals surface area contributed by atoms with Crippen LogP contribution >= 0.6 is 11.6 Å². The van der Waals surface area contributed by atoms with E-state index in [-0.39, 0.29) is 17.2 Å². The number of halogens is 1. The van der Waals surface area contributed by atoms with Crippen molar-refractivity contribution in [3.8, 4) is 0 Å². The lowest BCUT2D eigenvalue weighted by atomic mass is 10.1. The van der Waals surface area contributed by atoms with Crippen LogP contribution in [0.3, 0.4) is 0 Å². The molecule has 0 aliphatic heterocycles. The molecule has 2 aromatic rings. The number of hydrogen-bond donors (Lipinski definition) is 1. The van der Waals surface area contributed by atoms with E-state index < -0.39 is 0 Å². The number of carbonyl (C=O) groups is 1. The molecule has 0 bridgehead atoms. The van der Waals surface area contributed by atoms with Gasteiger partial charge in [-0.25, -0.2) is 0 Å². The number of rotatable bonds is 3. The number of nitrogens with two attached hydrogens (primary N) is 1. The summed E-state index contributed by atoms with van der Waals surface area (Å²) in [7, 11) is 0. The highest BCUT2D eigenvalue weighted by atomic mass is 35.5. The fourth-order valence-electron chi connectivity index (χ4n) is 1.56. The van der Waals surface area contributed by atoms with Crippen molar-refractivity contribution < 1.29 is 9.21 Å². The number of benzene rings is 1. The maximum Gasteiger partial charge on any atom is 0.230 e. The van der Waals surface area contributed by atoms with Gasteiger partial charge in [-0.2, -0.15) is 0 Å². The van der Waals surface area contributed by atoms with E-state index in [0.717, 1.165) is 12.2 Å². The van der Waals surface area contributed by atoms with Crippen LogP contribution in [-0.4, -0.2) is 5.78 Å². The fraction of sp³-hybridized carbons (Fsp3) is 0.154. The van der Waals surface area contributed by atoms with Crippen LogP contribution in [0.15, 0.2) is 34.7 Å². The molecular formula is C13H12ClNO2. The first-order valence-corrected chi connectivity index (χ1v) is 5.68. The van der Waals surface area contributed by atoms with Gasteiger partial charge in [-0.05, 0) is 24.3 Å². The largest absolute Gasteiger partial charge is 0.458 e. The van der Waals surface area contributed by atoms with Gasteiger partial charge in [-0.15, -0.1) is 0 Å². The summed E-state index contributed by atoms with van der Waals surface area (Å²) in [5.41, 5.74) is 6.42. The van der Waals surface area contributed by atoms with Gasteiger partial charge in [0.25, 0.3) is 0 Å². The minimum absolute atomic E-state index is 0.246. The van der Waals surface area contributed by atoms with E-state index >= 15 is 0 Å². The Kier molecular flexibility index (Phi) is 3.20. The van der Waals surface area contributed by atoms with Gasteiger partial charge in [-0.1, -0.05) is 24.6 Å². The summed E-state index contributed by atoms with van der Waals surface area (Å²) in [6.07, 6.45) is 0.748. The average molecular weight is 250 g/mol. The first kappa shape index (κ1) is 11.7. The van der Waals surface area contributed by atoms with Gasteiger partial charge in [0.05, 0.1) is 16.3 Å². The maximum absolute atomic E-state index is 12.1. The molecule has 0 amide bonds. The number of aryl methyl sites for hydroxylation is 1. The second kappa shape index (κ2) is 4.63. The van der Waals surface area contributed by atoms with Crippen LogP contribution in [0.5, 0.6) is 0 Å². The zero-order valence-corrected chi connectivity index (χ0v) is 10.1. The van der Waals surface area contributed by atoms with Crippen LogP contribution < -0.4 is 5.73 Å². The molecule has 17 heavy (non-hydrogen) atoms. The number of anilines is 1. The second-order valence-electron chi connectivity index (χ2n) is 3.65. The molecule has 0 spiro atoms. The summed E-state index contributed by atoms with van der Waals surface area (Å²) in [5, 5.41) is 0.373. The van der Waals surface area contributed by atoms with E-state index in [2.05, 4.69) is 0 Å². The second-order valence-corrected chi connectivity index (χ2v) is 4.06. The van der Waals surface area contributed by atoms with Gasteiger partial charge < -0.3 is 10.2 Å². The summed E-state index contributed by atoms with van der Waals surface area (Å²) in [6, 6.07) is 8.41. The van der Waals surface area contributed by atoms with Gasteiger partial charge in [0.1, 0.15) is 5.76 Å². The Labute approximate surface area is 104 Å².